The fraction of sp³-hybridized carbons (Fsp3) is 0.412. The average molecular weight is 322 g/mol. The Morgan fingerprint density at radius 3 is 2.95 bits per heavy atom. The van der Waals surface area contributed by atoms with Crippen molar-refractivity contribution in [2.24, 2.45) is 5.92 Å². The van der Waals surface area contributed by atoms with Crippen molar-refractivity contribution in [2.75, 3.05) is 6.54 Å². The van der Waals surface area contributed by atoms with Gasteiger partial charge in [0, 0.05) is 28.9 Å². The van der Waals surface area contributed by atoms with Crippen LogP contribution in [0, 0.1) is 5.92 Å². The number of hydrogen-bond acceptors (Lipinski definition) is 3. The molecular formula is C17H20ClNOS. The number of fused-ring (bicyclic) bond motifs is 1. The van der Waals surface area contributed by atoms with Crippen molar-refractivity contribution >= 4 is 22.9 Å². The Morgan fingerprint density at radius 2 is 2.24 bits per heavy atom. The molecule has 112 valence electrons. The zero-order valence-corrected chi connectivity index (χ0v) is 13.9. The van der Waals surface area contributed by atoms with Gasteiger partial charge in [-0.1, -0.05) is 31.5 Å². The monoisotopic (exact) mass is 321 g/mol. The third-order valence-electron chi connectivity index (χ3n) is 3.85. The van der Waals surface area contributed by atoms with E-state index in [0.29, 0.717) is 12.0 Å². The molecule has 2 unspecified atom stereocenters. The molecule has 2 nitrogen and oxygen atoms in total. The number of thiophene rings is 1. The van der Waals surface area contributed by atoms with Crippen molar-refractivity contribution in [3.8, 4) is 5.75 Å². The number of hydrogen-bond donors (Lipinski definition) is 1. The Bertz CT molecular complexity index is 597. The van der Waals surface area contributed by atoms with Crippen molar-refractivity contribution in [2.45, 2.75) is 32.4 Å². The van der Waals surface area contributed by atoms with Crippen LogP contribution >= 0.6 is 22.9 Å². The van der Waals surface area contributed by atoms with E-state index < -0.39 is 0 Å². The van der Waals surface area contributed by atoms with Crippen LogP contribution in [0.1, 0.15) is 30.3 Å². The molecule has 0 spiro atoms. The summed E-state index contributed by atoms with van der Waals surface area (Å²) >= 11 is 7.85. The van der Waals surface area contributed by atoms with Crippen LogP contribution in [0.2, 0.25) is 5.02 Å². The lowest BCUT2D eigenvalue weighted by Gasteiger charge is -2.23. The minimum Gasteiger partial charge on any atom is -0.488 e. The number of benzene rings is 1. The molecule has 21 heavy (non-hydrogen) atoms. The highest BCUT2D eigenvalue weighted by molar-refractivity contribution is 7.10. The largest absolute Gasteiger partial charge is 0.488 e. The summed E-state index contributed by atoms with van der Waals surface area (Å²) in [6.07, 6.45) is 1.12. The molecule has 0 bridgehead atoms. The molecule has 0 radical (unpaired) electrons. The van der Waals surface area contributed by atoms with Gasteiger partial charge in [0.15, 0.2) is 0 Å². The van der Waals surface area contributed by atoms with Crippen LogP contribution in [-0.2, 0) is 6.42 Å². The molecule has 1 aromatic carbocycles. The summed E-state index contributed by atoms with van der Waals surface area (Å²) in [6.45, 7) is 5.36. The lowest BCUT2D eigenvalue weighted by Crippen LogP contribution is -2.34. The van der Waals surface area contributed by atoms with Gasteiger partial charge in [-0.3, -0.25) is 0 Å². The molecular weight excluding hydrogens is 302 g/mol. The van der Waals surface area contributed by atoms with E-state index in [-0.39, 0.29) is 6.10 Å². The van der Waals surface area contributed by atoms with Gasteiger partial charge in [0.1, 0.15) is 11.9 Å². The standard InChI is InChI=1S/C17H20ClNOS/c1-11(2)17(16-4-3-7-21-16)19-10-14-9-12-8-13(18)5-6-15(12)20-14/h3-8,11,14,17,19H,9-10H2,1-2H3. The molecule has 0 amide bonds. The number of halogens is 1. The molecule has 1 N–H and O–H groups in total. The molecule has 2 atom stereocenters. The number of ether oxygens (including phenoxy) is 1. The zero-order chi connectivity index (χ0) is 14.8. The summed E-state index contributed by atoms with van der Waals surface area (Å²) in [5.41, 5.74) is 1.21. The predicted molar refractivity (Wildman–Crippen MR) is 89.5 cm³/mol. The second-order valence-corrected chi connectivity index (χ2v) is 7.26. The van der Waals surface area contributed by atoms with Crippen LogP contribution in [0.5, 0.6) is 5.75 Å². The van der Waals surface area contributed by atoms with Crippen molar-refractivity contribution in [3.63, 3.8) is 0 Å². The highest BCUT2D eigenvalue weighted by atomic mass is 35.5. The summed E-state index contributed by atoms with van der Waals surface area (Å²) in [6, 6.07) is 10.6. The SMILES string of the molecule is CC(C)C(NCC1Cc2cc(Cl)ccc2O1)c1cccs1. The van der Waals surface area contributed by atoms with Crippen molar-refractivity contribution in [1.29, 1.82) is 0 Å². The number of nitrogens with one attached hydrogen (secondary N) is 1. The molecule has 4 heteroatoms. The molecule has 0 saturated heterocycles. The van der Waals surface area contributed by atoms with E-state index in [1.165, 1.54) is 10.4 Å². The lowest BCUT2D eigenvalue weighted by atomic mass is 10.0. The van der Waals surface area contributed by atoms with Crippen LogP contribution in [0.3, 0.4) is 0 Å². The summed E-state index contributed by atoms with van der Waals surface area (Å²) in [7, 11) is 0. The van der Waals surface area contributed by atoms with E-state index in [1.807, 2.05) is 29.5 Å². The Balaban J connectivity index is 1.61. The Labute approximate surface area is 135 Å². The summed E-state index contributed by atoms with van der Waals surface area (Å²) in [5, 5.41) is 6.58. The molecule has 2 aromatic rings. The van der Waals surface area contributed by atoms with Crippen LogP contribution < -0.4 is 10.1 Å². The third-order valence-corrected chi connectivity index (χ3v) is 5.04. The lowest BCUT2D eigenvalue weighted by molar-refractivity contribution is 0.215. The molecule has 1 aliphatic heterocycles. The topological polar surface area (TPSA) is 21.3 Å². The van der Waals surface area contributed by atoms with Gasteiger partial charge in [-0.15, -0.1) is 11.3 Å². The highest BCUT2D eigenvalue weighted by Crippen LogP contribution is 2.32. The van der Waals surface area contributed by atoms with Gasteiger partial charge in [-0.2, -0.15) is 0 Å². The molecule has 1 aliphatic rings. The van der Waals surface area contributed by atoms with E-state index in [9.17, 15) is 0 Å². The van der Waals surface area contributed by atoms with E-state index in [2.05, 4.69) is 36.7 Å². The van der Waals surface area contributed by atoms with Gasteiger partial charge in [0.25, 0.3) is 0 Å². The molecule has 2 heterocycles. The van der Waals surface area contributed by atoms with E-state index in [1.54, 1.807) is 0 Å². The molecule has 0 fully saturated rings. The van der Waals surface area contributed by atoms with Crippen molar-refractivity contribution in [1.82, 2.24) is 5.32 Å². The maximum Gasteiger partial charge on any atom is 0.123 e. The summed E-state index contributed by atoms with van der Waals surface area (Å²) in [5.74, 6) is 1.53. The van der Waals surface area contributed by atoms with E-state index in [0.717, 1.165) is 23.7 Å². The van der Waals surface area contributed by atoms with Crippen LogP contribution in [0.25, 0.3) is 0 Å². The fourth-order valence-corrected chi connectivity index (χ4v) is 3.96. The quantitative estimate of drug-likeness (QED) is 0.862. The van der Waals surface area contributed by atoms with Crippen molar-refractivity contribution in [3.05, 3.63) is 51.2 Å². The maximum atomic E-state index is 6.04. The van der Waals surface area contributed by atoms with Crippen LogP contribution in [-0.4, -0.2) is 12.6 Å². The minimum absolute atomic E-state index is 0.194. The van der Waals surface area contributed by atoms with Gasteiger partial charge in [-0.25, -0.2) is 0 Å². The smallest absolute Gasteiger partial charge is 0.123 e. The molecule has 0 saturated carbocycles. The first kappa shape index (κ1) is 14.9. The zero-order valence-electron chi connectivity index (χ0n) is 12.3. The summed E-state index contributed by atoms with van der Waals surface area (Å²) < 4.78 is 5.99. The molecule has 0 aliphatic carbocycles. The second-order valence-electron chi connectivity index (χ2n) is 5.84. The van der Waals surface area contributed by atoms with Crippen LogP contribution in [0.15, 0.2) is 35.7 Å². The first-order chi connectivity index (χ1) is 10.1. The first-order valence-electron chi connectivity index (χ1n) is 7.35. The normalized spacial score (nSPS) is 18.6. The Morgan fingerprint density at radius 1 is 1.38 bits per heavy atom. The van der Waals surface area contributed by atoms with E-state index in [4.69, 9.17) is 16.3 Å². The number of rotatable bonds is 5. The van der Waals surface area contributed by atoms with E-state index >= 15 is 0 Å². The third kappa shape index (κ3) is 3.42. The van der Waals surface area contributed by atoms with Gasteiger partial charge in [0.2, 0.25) is 0 Å². The molecule has 3 rings (SSSR count). The summed E-state index contributed by atoms with van der Waals surface area (Å²) in [4.78, 5) is 1.39. The van der Waals surface area contributed by atoms with Crippen molar-refractivity contribution < 1.29 is 4.74 Å². The van der Waals surface area contributed by atoms with Gasteiger partial charge in [-0.05, 0) is 41.1 Å². The van der Waals surface area contributed by atoms with Crippen LogP contribution in [0.4, 0.5) is 0 Å². The predicted octanol–water partition coefficient (Wildman–Crippen LogP) is 4.69. The molecule has 1 aromatic heterocycles. The Kier molecular flexibility index (Phi) is 4.53. The second kappa shape index (κ2) is 6.39. The highest BCUT2D eigenvalue weighted by Gasteiger charge is 2.25. The van der Waals surface area contributed by atoms with Gasteiger partial charge < -0.3 is 10.1 Å². The van der Waals surface area contributed by atoms with Gasteiger partial charge in [0.05, 0.1) is 0 Å². The van der Waals surface area contributed by atoms with Gasteiger partial charge >= 0.3 is 0 Å². The first-order valence-corrected chi connectivity index (χ1v) is 8.61. The minimum atomic E-state index is 0.194. The Hall–Kier alpha value is -1.03. The fourth-order valence-electron chi connectivity index (χ4n) is 2.79. The maximum absolute atomic E-state index is 6.04. The average Bonchev–Trinajstić information content (AvgIpc) is 3.07.